The van der Waals surface area contributed by atoms with Crippen LogP contribution in [-0.4, -0.2) is 18.1 Å². The van der Waals surface area contributed by atoms with Gasteiger partial charge >= 0.3 is 0 Å². The Hall–Kier alpha value is -2.69. The molecule has 0 unspecified atom stereocenters. The molecule has 0 aliphatic carbocycles. The number of rotatable bonds is 8. The molecule has 2 N–H and O–H groups in total. The van der Waals surface area contributed by atoms with Gasteiger partial charge in [0.1, 0.15) is 6.29 Å². The number of amides is 2. The zero-order valence-electron chi connectivity index (χ0n) is 12.6. The van der Waals surface area contributed by atoms with E-state index in [1.807, 2.05) is 6.92 Å². The zero-order chi connectivity index (χ0) is 16.4. The fourth-order valence-corrected chi connectivity index (χ4v) is 1.60. The summed E-state index contributed by atoms with van der Waals surface area (Å²) in [5.41, 5.74) is 2.24. The van der Waals surface area contributed by atoms with Gasteiger partial charge in [0.15, 0.2) is 0 Å². The quantitative estimate of drug-likeness (QED) is 0.440. The van der Waals surface area contributed by atoms with Gasteiger partial charge in [0, 0.05) is 24.2 Å². The molecule has 116 valence electrons. The topological polar surface area (TPSA) is 75.3 Å². The molecule has 0 saturated heterocycles. The molecule has 0 saturated carbocycles. The van der Waals surface area contributed by atoms with Crippen LogP contribution >= 0.6 is 0 Å². The second-order valence-corrected chi connectivity index (χ2v) is 4.88. The third kappa shape index (κ3) is 7.19. The molecule has 0 atom stereocenters. The Labute approximate surface area is 130 Å². The van der Waals surface area contributed by atoms with Crippen molar-refractivity contribution in [2.24, 2.45) is 0 Å². The second kappa shape index (κ2) is 9.28. The molecule has 2 amide bonds. The summed E-state index contributed by atoms with van der Waals surface area (Å²) < 4.78 is 0. The van der Waals surface area contributed by atoms with Gasteiger partial charge in [0.25, 0.3) is 0 Å². The van der Waals surface area contributed by atoms with Crippen LogP contribution < -0.4 is 10.6 Å². The van der Waals surface area contributed by atoms with E-state index in [0.717, 1.165) is 5.57 Å². The molecule has 0 fully saturated rings. The lowest BCUT2D eigenvalue weighted by Gasteiger charge is -2.06. The van der Waals surface area contributed by atoms with E-state index in [0.29, 0.717) is 24.1 Å². The summed E-state index contributed by atoms with van der Waals surface area (Å²) in [6.45, 7) is 5.64. The summed E-state index contributed by atoms with van der Waals surface area (Å²) in [5, 5.41) is 5.39. The number of benzene rings is 1. The van der Waals surface area contributed by atoms with Gasteiger partial charge in [0.05, 0.1) is 0 Å². The number of hydrogen-bond acceptors (Lipinski definition) is 3. The van der Waals surface area contributed by atoms with Crippen molar-refractivity contribution < 1.29 is 14.4 Å². The number of nitrogens with one attached hydrogen (secondary N) is 2. The molecule has 5 nitrogen and oxygen atoms in total. The van der Waals surface area contributed by atoms with Gasteiger partial charge in [-0.25, -0.2) is 0 Å². The number of allylic oxidation sites excluding steroid dienone is 2. The molecule has 1 aromatic rings. The van der Waals surface area contributed by atoms with E-state index in [-0.39, 0.29) is 24.7 Å². The highest BCUT2D eigenvalue weighted by Crippen LogP contribution is 2.14. The van der Waals surface area contributed by atoms with E-state index in [2.05, 4.69) is 17.2 Å². The minimum absolute atomic E-state index is 0.162. The molecule has 0 spiro atoms. The van der Waals surface area contributed by atoms with E-state index in [1.54, 1.807) is 30.3 Å². The van der Waals surface area contributed by atoms with Crippen molar-refractivity contribution in [2.75, 3.05) is 10.6 Å². The first-order valence-electron chi connectivity index (χ1n) is 6.96. The van der Waals surface area contributed by atoms with E-state index in [1.165, 1.54) is 6.08 Å². The Balaban J connectivity index is 2.49. The first-order chi connectivity index (χ1) is 10.5. The van der Waals surface area contributed by atoms with Gasteiger partial charge in [-0.05, 0) is 43.7 Å². The molecule has 1 aromatic carbocycles. The number of hydrogen-bond donors (Lipinski definition) is 2. The summed E-state index contributed by atoms with van der Waals surface area (Å²) in [6.07, 6.45) is 4.95. The Morgan fingerprint density at radius 1 is 1.14 bits per heavy atom. The lowest BCUT2D eigenvalue weighted by Crippen LogP contribution is -2.11. The van der Waals surface area contributed by atoms with E-state index in [4.69, 9.17) is 0 Å². The van der Waals surface area contributed by atoms with E-state index in [9.17, 15) is 14.4 Å². The molecule has 5 heteroatoms. The van der Waals surface area contributed by atoms with Crippen molar-refractivity contribution in [3.8, 4) is 0 Å². The summed E-state index contributed by atoms with van der Waals surface area (Å²) in [4.78, 5) is 33.3. The summed E-state index contributed by atoms with van der Waals surface area (Å²) in [5.74, 6) is -0.435. The molecule has 0 aliphatic heterocycles. The molecule has 1 rings (SSSR count). The summed E-state index contributed by atoms with van der Waals surface area (Å²) >= 11 is 0. The van der Waals surface area contributed by atoms with Crippen molar-refractivity contribution in [3.05, 3.63) is 48.6 Å². The molecule has 22 heavy (non-hydrogen) atoms. The summed E-state index contributed by atoms with van der Waals surface area (Å²) in [7, 11) is 0. The maximum absolute atomic E-state index is 11.6. The van der Waals surface area contributed by atoms with Gasteiger partial charge < -0.3 is 15.4 Å². The first kappa shape index (κ1) is 17.4. The Morgan fingerprint density at radius 2 is 1.73 bits per heavy atom. The highest BCUT2D eigenvalue weighted by molar-refractivity contribution is 5.99. The van der Waals surface area contributed by atoms with Crippen LogP contribution in [0.2, 0.25) is 0 Å². The van der Waals surface area contributed by atoms with E-state index >= 15 is 0 Å². The van der Waals surface area contributed by atoms with Crippen LogP contribution in [0.1, 0.15) is 26.2 Å². The van der Waals surface area contributed by atoms with Crippen molar-refractivity contribution in [1.29, 1.82) is 0 Å². The Kier molecular flexibility index (Phi) is 7.33. The molecule has 0 aromatic heterocycles. The largest absolute Gasteiger partial charge is 0.326 e. The first-order valence-corrected chi connectivity index (χ1v) is 6.96. The standard InChI is InChI=1S/C17H20N2O3/c1-13(2)5-3-6-16(21)18-14-8-10-15(11-9-14)19-17(22)7-4-12-20/h3,6,8-12H,1,4-5,7H2,2H3,(H,18,21)(H,19,22)/b6-3+. The SMILES string of the molecule is C=C(C)C/C=C/C(=O)Nc1ccc(NC(=O)CCC=O)cc1. The fourth-order valence-electron chi connectivity index (χ4n) is 1.60. The molecule has 0 aliphatic rings. The molecular weight excluding hydrogens is 280 g/mol. The Bertz CT molecular complexity index is 574. The number of anilines is 2. The molecule has 0 radical (unpaired) electrons. The highest BCUT2D eigenvalue weighted by atomic mass is 16.2. The second-order valence-electron chi connectivity index (χ2n) is 4.88. The van der Waals surface area contributed by atoms with Crippen LogP contribution in [0.3, 0.4) is 0 Å². The van der Waals surface area contributed by atoms with Crippen molar-refractivity contribution in [1.82, 2.24) is 0 Å². The normalized spacial score (nSPS) is 10.2. The van der Waals surface area contributed by atoms with E-state index < -0.39 is 0 Å². The average molecular weight is 300 g/mol. The molecule has 0 bridgehead atoms. The highest BCUT2D eigenvalue weighted by Gasteiger charge is 2.02. The van der Waals surface area contributed by atoms with Crippen LogP contribution in [-0.2, 0) is 14.4 Å². The minimum Gasteiger partial charge on any atom is -0.326 e. The predicted molar refractivity (Wildman–Crippen MR) is 87.6 cm³/mol. The van der Waals surface area contributed by atoms with Crippen LogP contribution in [0.4, 0.5) is 11.4 Å². The smallest absolute Gasteiger partial charge is 0.248 e. The molecular formula is C17H20N2O3. The lowest BCUT2D eigenvalue weighted by molar-refractivity contribution is -0.118. The van der Waals surface area contributed by atoms with Crippen molar-refractivity contribution >= 4 is 29.5 Å². The van der Waals surface area contributed by atoms with Crippen molar-refractivity contribution in [3.63, 3.8) is 0 Å². The summed E-state index contributed by atoms with van der Waals surface area (Å²) in [6, 6.07) is 6.76. The van der Waals surface area contributed by atoms with Gasteiger partial charge in [-0.3, -0.25) is 9.59 Å². The monoisotopic (exact) mass is 300 g/mol. The Morgan fingerprint density at radius 3 is 2.27 bits per heavy atom. The minimum atomic E-state index is -0.219. The third-order valence-corrected chi connectivity index (χ3v) is 2.66. The lowest BCUT2D eigenvalue weighted by atomic mass is 10.2. The zero-order valence-corrected chi connectivity index (χ0v) is 12.6. The van der Waals surface area contributed by atoms with Gasteiger partial charge in [-0.1, -0.05) is 18.2 Å². The fraction of sp³-hybridized carbons (Fsp3) is 0.235. The van der Waals surface area contributed by atoms with Gasteiger partial charge in [-0.2, -0.15) is 0 Å². The molecule has 0 heterocycles. The number of carbonyl (C=O) groups is 3. The van der Waals surface area contributed by atoms with Gasteiger partial charge in [-0.15, -0.1) is 0 Å². The predicted octanol–water partition coefficient (Wildman–Crippen LogP) is 3.07. The number of aldehydes is 1. The maximum atomic E-state index is 11.6. The van der Waals surface area contributed by atoms with Crippen LogP contribution in [0.5, 0.6) is 0 Å². The van der Waals surface area contributed by atoms with Gasteiger partial charge in [0.2, 0.25) is 11.8 Å². The van der Waals surface area contributed by atoms with Crippen LogP contribution in [0, 0.1) is 0 Å². The van der Waals surface area contributed by atoms with Crippen LogP contribution in [0.15, 0.2) is 48.6 Å². The van der Waals surface area contributed by atoms with Crippen molar-refractivity contribution in [2.45, 2.75) is 26.2 Å². The van der Waals surface area contributed by atoms with Crippen LogP contribution in [0.25, 0.3) is 0 Å². The average Bonchev–Trinajstić information content (AvgIpc) is 2.47. The third-order valence-electron chi connectivity index (χ3n) is 2.66. The maximum Gasteiger partial charge on any atom is 0.248 e. The number of carbonyl (C=O) groups excluding carboxylic acids is 3.